The molecule has 1 N–H and O–H groups in total. The zero-order valence-corrected chi connectivity index (χ0v) is 23.7. The van der Waals surface area contributed by atoms with Crippen LogP contribution < -0.4 is 0 Å². The number of nitrogens with zero attached hydrogens (tertiary/aromatic N) is 2. The minimum atomic E-state index is -0.974. The first kappa shape index (κ1) is 27.7. The molecule has 35 heavy (non-hydrogen) atoms. The Morgan fingerprint density at radius 2 is 1.86 bits per heavy atom. The molecule has 2 heterocycles. The van der Waals surface area contributed by atoms with Crippen LogP contribution in [0.5, 0.6) is 0 Å². The van der Waals surface area contributed by atoms with Gasteiger partial charge in [0, 0.05) is 24.0 Å². The highest BCUT2D eigenvalue weighted by Gasteiger charge is 2.33. The van der Waals surface area contributed by atoms with Crippen LogP contribution in [0.4, 0.5) is 4.79 Å². The molecular weight excluding hydrogens is 460 g/mol. The molecule has 1 fully saturated rings. The Kier molecular flexibility index (Phi) is 8.71. The molecule has 1 saturated heterocycles. The number of likely N-dealkylation sites (tertiary alicyclic amines) is 1. The number of aryl methyl sites for hydroxylation is 1. The summed E-state index contributed by atoms with van der Waals surface area (Å²) in [6, 6.07) is 4.00. The van der Waals surface area contributed by atoms with Gasteiger partial charge >= 0.3 is 6.09 Å². The number of benzene rings is 1. The predicted octanol–water partition coefficient (Wildman–Crippen LogP) is 6.25. The van der Waals surface area contributed by atoms with E-state index in [1.54, 1.807) is 0 Å². The summed E-state index contributed by atoms with van der Waals surface area (Å²) in [5.74, 6) is 0.535. The first-order valence-corrected chi connectivity index (χ1v) is 15.2. The van der Waals surface area contributed by atoms with E-state index >= 15 is 0 Å². The summed E-state index contributed by atoms with van der Waals surface area (Å²) in [5, 5.41) is 15.5. The molecule has 8 heteroatoms. The second-order valence-corrected chi connectivity index (χ2v) is 14.1. The molecule has 1 radical (unpaired) electrons. The summed E-state index contributed by atoms with van der Waals surface area (Å²) in [7, 11) is -0.974. The highest BCUT2D eigenvalue weighted by molar-refractivity contribution is 6.48. The molecule has 7 nitrogen and oxygen atoms in total. The molecular formula is C27H43N2O5Si. The van der Waals surface area contributed by atoms with E-state index in [0.717, 1.165) is 66.6 Å². The number of carbonyl (C=O) groups excluding carboxylic acids is 1. The third kappa shape index (κ3) is 7.08. The Morgan fingerprint density at radius 3 is 2.40 bits per heavy atom. The molecule has 0 spiro atoms. The number of fused-ring (bicyclic) bond motifs is 1. The summed E-state index contributed by atoms with van der Waals surface area (Å²) in [4.78, 5) is 14.2. The van der Waals surface area contributed by atoms with Crippen LogP contribution in [0.25, 0.3) is 11.0 Å². The molecule has 3 rings (SSSR count). The number of amides is 1. The number of aromatic nitrogens is 1. The molecule has 1 aliphatic heterocycles. The van der Waals surface area contributed by atoms with Crippen LogP contribution in [0, 0.1) is 11.3 Å². The van der Waals surface area contributed by atoms with E-state index in [-0.39, 0.29) is 24.2 Å². The van der Waals surface area contributed by atoms with Crippen molar-refractivity contribution in [1.82, 2.24) is 10.1 Å². The minimum Gasteiger partial charge on any atom is -0.444 e. The fraction of sp³-hybridized carbons (Fsp3) is 0.704. The fourth-order valence-corrected chi connectivity index (χ4v) is 5.64. The number of hydrogen-bond donors (Lipinski definition) is 1. The van der Waals surface area contributed by atoms with Gasteiger partial charge in [-0.25, -0.2) is 4.79 Å². The molecule has 1 aromatic carbocycles. The SMILES string of the molecule is C[Si](C)OC(c1c(CO)ccc2c(CCC3CCN(C(=O)OC(C)(C)C)CC3)noc12)C(C)(C)C. The number of ether oxygens (including phenoxy) is 1. The van der Waals surface area contributed by atoms with Crippen molar-refractivity contribution in [2.24, 2.45) is 11.3 Å². The monoisotopic (exact) mass is 503 g/mol. The van der Waals surface area contributed by atoms with Crippen LogP contribution in [0.2, 0.25) is 13.1 Å². The van der Waals surface area contributed by atoms with Gasteiger partial charge in [0.1, 0.15) is 5.60 Å². The maximum absolute atomic E-state index is 12.3. The third-order valence-electron chi connectivity index (χ3n) is 6.47. The molecule has 1 unspecified atom stereocenters. The Labute approximate surface area is 211 Å². The molecule has 2 aromatic rings. The van der Waals surface area contributed by atoms with Crippen molar-refractivity contribution < 1.29 is 23.6 Å². The highest BCUT2D eigenvalue weighted by Crippen LogP contribution is 2.42. The molecule has 0 saturated carbocycles. The van der Waals surface area contributed by atoms with Crippen LogP contribution in [0.3, 0.4) is 0 Å². The van der Waals surface area contributed by atoms with Gasteiger partial charge in [0.2, 0.25) is 9.04 Å². The van der Waals surface area contributed by atoms with E-state index < -0.39 is 14.6 Å². The van der Waals surface area contributed by atoms with E-state index in [1.807, 2.05) is 37.8 Å². The van der Waals surface area contributed by atoms with Gasteiger partial charge in [-0.05, 0) is 82.5 Å². The van der Waals surface area contributed by atoms with E-state index in [4.69, 9.17) is 13.7 Å². The Hall–Kier alpha value is -1.90. The van der Waals surface area contributed by atoms with Gasteiger partial charge in [0.15, 0.2) is 5.58 Å². The summed E-state index contributed by atoms with van der Waals surface area (Å²) < 4.78 is 17.9. The van der Waals surface area contributed by atoms with Crippen molar-refractivity contribution in [2.75, 3.05) is 13.1 Å². The number of aliphatic hydroxyl groups is 1. The number of hydrogen-bond acceptors (Lipinski definition) is 6. The van der Waals surface area contributed by atoms with Crippen LogP contribution in [0.1, 0.15) is 83.7 Å². The molecule has 0 bridgehead atoms. The number of piperidine rings is 1. The lowest BCUT2D eigenvalue weighted by molar-refractivity contribution is 0.0181. The van der Waals surface area contributed by atoms with E-state index in [0.29, 0.717) is 5.92 Å². The summed E-state index contributed by atoms with van der Waals surface area (Å²) in [6.07, 6.45) is 3.34. The van der Waals surface area contributed by atoms with Gasteiger partial charge in [-0.15, -0.1) is 0 Å². The van der Waals surface area contributed by atoms with Crippen LogP contribution >= 0.6 is 0 Å². The quantitative estimate of drug-likeness (QED) is 0.449. The number of aliphatic hydroxyl groups excluding tert-OH is 1. The first-order chi connectivity index (χ1) is 16.3. The van der Waals surface area contributed by atoms with Crippen LogP contribution in [0.15, 0.2) is 16.7 Å². The van der Waals surface area contributed by atoms with Crippen molar-refractivity contribution in [1.29, 1.82) is 0 Å². The van der Waals surface area contributed by atoms with E-state index in [2.05, 4.69) is 39.0 Å². The van der Waals surface area contributed by atoms with Crippen LogP contribution in [-0.4, -0.2) is 49.0 Å². The average molecular weight is 504 g/mol. The number of carbonyl (C=O) groups is 1. The van der Waals surface area contributed by atoms with E-state index in [1.165, 1.54) is 0 Å². The van der Waals surface area contributed by atoms with Crippen molar-refractivity contribution in [3.8, 4) is 0 Å². The summed E-state index contributed by atoms with van der Waals surface area (Å²) in [5.41, 5.74) is 2.81. The topological polar surface area (TPSA) is 85.0 Å². The second-order valence-electron chi connectivity index (χ2n) is 12.0. The standard InChI is InChI=1S/C27H43N2O5Si/c1-26(2,3)24(34-35(7)8)22-19(17-30)10-11-20-21(28-33-23(20)22)12-9-18-13-15-29(16-14-18)25(31)32-27(4,5)6/h10-11,18,24,30H,9,12-17H2,1-8H3. The largest absolute Gasteiger partial charge is 0.444 e. The lowest BCUT2D eigenvalue weighted by Crippen LogP contribution is -2.41. The lowest BCUT2D eigenvalue weighted by atomic mass is 9.82. The first-order valence-electron chi connectivity index (χ1n) is 12.8. The van der Waals surface area contributed by atoms with Crippen molar-refractivity contribution in [2.45, 2.75) is 98.6 Å². The smallest absolute Gasteiger partial charge is 0.410 e. The highest BCUT2D eigenvalue weighted by atomic mass is 28.3. The number of rotatable bonds is 7. The zero-order chi connectivity index (χ0) is 26.0. The Bertz CT molecular complexity index is 997. The van der Waals surface area contributed by atoms with Gasteiger partial charge in [-0.3, -0.25) is 0 Å². The summed E-state index contributed by atoms with van der Waals surface area (Å²) >= 11 is 0. The molecule has 1 aliphatic rings. The maximum Gasteiger partial charge on any atom is 0.410 e. The van der Waals surface area contributed by atoms with E-state index in [9.17, 15) is 9.90 Å². The lowest BCUT2D eigenvalue weighted by Gasteiger charge is -2.33. The maximum atomic E-state index is 12.3. The predicted molar refractivity (Wildman–Crippen MR) is 140 cm³/mol. The molecule has 1 aromatic heterocycles. The Balaban J connectivity index is 1.73. The van der Waals surface area contributed by atoms with Crippen LogP contribution in [-0.2, 0) is 22.2 Å². The molecule has 0 aliphatic carbocycles. The Morgan fingerprint density at radius 1 is 1.20 bits per heavy atom. The molecule has 1 amide bonds. The van der Waals surface area contributed by atoms with Gasteiger partial charge in [0.05, 0.1) is 18.4 Å². The van der Waals surface area contributed by atoms with Gasteiger partial charge in [0.25, 0.3) is 0 Å². The molecule has 195 valence electrons. The molecule has 1 atom stereocenters. The summed E-state index contributed by atoms with van der Waals surface area (Å²) in [6.45, 7) is 17.8. The normalized spacial score (nSPS) is 16.8. The van der Waals surface area contributed by atoms with Gasteiger partial charge < -0.3 is 23.7 Å². The zero-order valence-electron chi connectivity index (χ0n) is 22.7. The van der Waals surface area contributed by atoms with Crippen molar-refractivity contribution in [3.63, 3.8) is 0 Å². The van der Waals surface area contributed by atoms with Gasteiger partial charge in [-0.2, -0.15) is 0 Å². The minimum absolute atomic E-state index is 0.0665. The van der Waals surface area contributed by atoms with Crippen molar-refractivity contribution >= 4 is 26.1 Å². The third-order valence-corrected chi connectivity index (χ3v) is 7.18. The average Bonchev–Trinajstić information content (AvgIpc) is 3.17. The second kappa shape index (κ2) is 11.0. The fourth-order valence-electron chi connectivity index (χ4n) is 4.70. The van der Waals surface area contributed by atoms with Crippen molar-refractivity contribution in [3.05, 3.63) is 29.0 Å². The van der Waals surface area contributed by atoms with Gasteiger partial charge in [-0.1, -0.05) is 32.0 Å².